The van der Waals surface area contributed by atoms with Crippen LogP contribution in [0.25, 0.3) is 16.4 Å². The number of aromatic carboxylic acids is 1. The molecule has 0 aliphatic heterocycles. The zero-order chi connectivity index (χ0) is 31.3. The number of sulfonamides is 1. The van der Waals surface area contributed by atoms with Crippen molar-refractivity contribution >= 4 is 38.7 Å². The number of carboxylic acid groups (broad SMARTS) is 1. The van der Waals surface area contributed by atoms with Gasteiger partial charge in [-0.1, -0.05) is 30.0 Å². The number of halogens is 1. The molecule has 0 amide bonds. The summed E-state index contributed by atoms with van der Waals surface area (Å²) >= 11 is 2.92. The van der Waals surface area contributed by atoms with Crippen LogP contribution in [0.15, 0.2) is 64.9 Å². The van der Waals surface area contributed by atoms with E-state index in [0.717, 1.165) is 40.1 Å². The molecule has 8 nitrogen and oxygen atoms in total. The second-order valence-corrected chi connectivity index (χ2v) is 14.9. The number of hydrogen-bond acceptors (Lipinski definition) is 7. The molecule has 0 bridgehead atoms. The Morgan fingerprint density at radius 2 is 1.91 bits per heavy atom. The molecule has 2 aliphatic carbocycles. The molecular formula is C33H27FN4O4S3. The fourth-order valence-electron chi connectivity index (χ4n) is 5.30. The van der Waals surface area contributed by atoms with Gasteiger partial charge in [0.1, 0.15) is 10.7 Å². The van der Waals surface area contributed by atoms with Gasteiger partial charge in [0.15, 0.2) is 5.69 Å². The fourth-order valence-corrected chi connectivity index (χ4v) is 7.69. The van der Waals surface area contributed by atoms with E-state index in [0.29, 0.717) is 34.6 Å². The maximum atomic E-state index is 14.9. The summed E-state index contributed by atoms with van der Waals surface area (Å²) in [5, 5.41) is 21.6. The zero-order valence-corrected chi connectivity index (χ0v) is 26.3. The van der Waals surface area contributed by atoms with Crippen molar-refractivity contribution in [3.8, 4) is 28.2 Å². The van der Waals surface area contributed by atoms with E-state index in [1.54, 1.807) is 22.1 Å². The molecule has 2 saturated carbocycles. The van der Waals surface area contributed by atoms with Gasteiger partial charge in [-0.25, -0.2) is 32.4 Å². The van der Waals surface area contributed by atoms with Crippen LogP contribution in [-0.4, -0.2) is 34.3 Å². The van der Waals surface area contributed by atoms with Gasteiger partial charge in [0.2, 0.25) is 15.2 Å². The molecule has 0 spiro atoms. The Labute approximate surface area is 267 Å². The van der Waals surface area contributed by atoms with E-state index >= 15 is 0 Å². The lowest BCUT2D eigenvalue weighted by Gasteiger charge is -2.10. The van der Waals surface area contributed by atoms with Crippen molar-refractivity contribution in [1.29, 1.82) is 0 Å². The quantitative estimate of drug-likeness (QED) is 0.177. The molecule has 0 atom stereocenters. The van der Waals surface area contributed by atoms with Crippen molar-refractivity contribution in [2.24, 2.45) is 11.1 Å². The minimum Gasteiger partial charge on any atom is -0.476 e. The Morgan fingerprint density at radius 3 is 2.60 bits per heavy atom. The van der Waals surface area contributed by atoms with E-state index in [4.69, 9.17) is 10.2 Å². The number of benzene rings is 2. The van der Waals surface area contributed by atoms with Crippen molar-refractivity contribution in [2.45, 2.75) is 49.3 Å². The number of nitrogens with two attached hydrogens (primary N) is 1. The predicted molar refractivity (Wildman–Crippen MR) is 171 cm³/mol. The van der Waals surface area contributed by atoms with Crippen LogP contribution in [0.3, 0.4) is 0 Å². The van der Waals surface area contributed by atoms with Crippen LogP contribution in [-0.2, 0) is 22.9 Å². The zero-order valence-electron chi connectivity index (χ0n) is 23.9. The van der Waals surface area contributed by atoms with Gasteiger partial charge < -0.3 is 5.11 Å². The van der Waals surface area contributed by atoms with Crippen molar-refractivity contribution in [2.75, 3.05) is 0 Å². The van der Waals surface area contributed by atoms with E-state index in [1.807, 2.05) is 24.3 Å². The topological polar surface area (TPSA) is 128 Å². The molecule has 3 heterocycles. The first-order valence-electron chi connectivity index (χ1n) is 14.5. The number of thiazole rings is 1. The highest BCUT2D eigenvalue weighted by molar-refractivity contribution is 7.89. The second-order valence-electron chi connectivity index (χ2n) is 11.4. The lowest BCUT2D eigenvalue weighted by Crippen LogP contribution is -2.14. The monoisotopic (exact) mass is 658 g/mol. The molecule has 7 rings (SSSR count). The summed E-state index contributed by atoms with van der Waals surface area (Å²) in [5.74, 6) is 5.65. The molecule has 3 N–H and O–H groups in total. The molecule has 45 heavy (non-hydrogen) atoms. The van der Waals surface area contributed by atoms with E-state index in [9.17, 15) is 22.7 Å². The summed E-state index contributed by atoms with van der Waals surface area (Å²) in [7, 11) is -4.22. The van der Waals surface area contributed by atoms with Gasteiger partial charge in [-0.15, -0.1) is 22.7 Å². The first-order valence-corrected chi connectivity index (χ1v) is 17.7. The molecule has 12 heteroatoms. The van der Waals surface area contributed by atoms with E-state index in [1.165, 1.54) is 46.6 Å². The highest BCUT2D eigenvalue weighted by Gasteiger charge is 2.30. The average Bonchev–Trinajstić information content (AvgIpc) is 3.88. The first-order chi connectivity index (χ1) is 21.6. The van der Waals surface area contributed by atoms with E-state index < -0.39 is 26.7 Å². The SMILES string of the molecule is NS(=O)(=O)c1ccc(Cc2c(-c3cccc(C#Cc4ccc(C5CC5)s4)c3)nn(-c3nc(C(=O)O)cs3)c2CC2CC2)cc1F. The van der Waals surface area contributed by atoms with Crippen LogP contribution >= 0.6 is 22.7 Å². The summed E-state index contributed by atoms with van der Waals surface area (Å²) in [6.45, 7) is 0. The van der Waals surface area contributed by atoms with Crippen LogP contribution in [0.5, 0.6) is 0 Å². The Morgan fingerprint density at radius 1 is 1.09 bits per heavy atom. The van der Waals surface area contributed by atoms with Crippen LogP contribution < -0.4 is 5.14 Å². The van der Waals surface area contributed by atoms with Crippen LogP contribution in [0.2, 0.25) is 0 Å². The number of carbonyl (C=O) groups is 1. The van der Waals surface area contributed by atoms with Crippen molar-refractivity contribution in [1.82, 2.24) is 14.8 Å². The van der Waals surface area contributed by atoms with Crippen molar-refractivity contribution in [3.05, 3.63) is 104 Å². The maximum Gasteiger partial charge on any atom is 0.355 e. The minimum absolute atomic E-state index is 0.0673. The molecule has 2 aromatic carbocycles. The molecule has 0 radical (unpaired) electrons. The average molecular weight is 659 g/mol. The number of aromatic nitrogens is 3. The highest BCUT2D eigenvalue weighted by Crippen LogP contribution is 2.43. The minimum atomic E-state index is -4.22. The maximum absolute atomic E-state index is 14.9. The van der Waals surface area contributed by atoms with Crippen LogP contribution in [0.1, 0.15) is 74.2 Å². The lowest BCUT2D eigenvalue weighted by molar-refractivity contribution is 0.0691. The number of carboxylic acids is 1. The lowest BCUT2D eigenvalue weighted by atomic mass is 9.96. The number of nitrogens with zero attached hydrogens (tertiary/aromatic N) is 3. The van der Waals surface area contributed by atoms with Gasteiger partial charge in [0, 0.05) is 33.4 Å². The van der Waals surface area contributed by atoms with Crippen molar-refractivity contribution in [3.63, 3.8) is 0 Å². The third-order valence-corrected chi connectivity index (χ3v) is 10.8. The van der Waals surface area contributed by atoms with Gasteiger partial charge in [0.25, 0.3) is 0 Å². The molecule has 3 aromatic heterocycles. The summed E-state index contributed by atoms with van der Waals surface area (Å²) in [5.41, 5.74) is 4.42. The van der Waals surface area contributed by atoms with Gasteiger partial charge in [-0.05, 0) is 85.9 Å². The Kier molecular flexibility index (Phi) is 7.65. The highest BCUT2D eigenvalue weighted by atomic mass is 32.2. The Hall–Kier alpha value is -4.15. The number of hydrogen-bond donors (Lipinski definition) is 2. The van der Waals surface area contributed by atoms with E-state index in [-0.39, 0.29) is 12.1 Å². The van der Waals surface area contributed by atoms with Crippen LogP contribution in [0.4, 0.5) is 4.39 Å². The predicted octanol–water partition coefficient (Wildman–Crippen LogP) is 6.36. The summed E-state index contributed by atoms with van der Waals surface area (Å²) in [4.78, 5) is 17.8. The normalized spacial score (nSPS) is 14.7. The summed E-state index contributed by atoms with van der Waals surface area (Å²) in [6.07, 6.45) is 5.55. The second kappa shape index (κ2) is 11.7. The molecular weight excluding hydrogens is 632 g/mol. The smallest absolute Gasteiger partial charge is 0.355 e. The number of rotatable bonds is 9. The fraction of sp³-hybridized carbons (Fsp3) is 0.242. The molecule has 2 fully saturated rings. The van der Waals surface area contributed by atoms with Crippen molar-refractivity contribution < 1.29 is 22.7 Å². The molecule has 2 aliphatic rings. The third-order valence-electron chi connectivity index (χ3n) is 7.92. The molecule has 0 unspecified atom stereocenters. The summed E-state index contributed by atoms with van der Waals surface area (Å²) < 4.78 is 40.3. The molecule has 228 valence electrons. The molecule has 0 saturated heterocycles. The van der Waals surface area contributed by atoms with Gasteiger partial charge in [-0.3, -0.25) is 0 Å². The third kappa shape index (κ3) is 6.48. The Balaban J connectivity index is 1.33. The largest absolute Gasteiger partial charge is 0.476 e. The Bertz CT molecular complexity index is 2130. The molecule has 5 aromatic rings. The number of primary sulfonamides is 1. The first kappa shape index (κ1) is 29.6. The summed E-state index contributed by atoms with van der Waals surface area (Å²) in [6, 6.07) is 15.9. The number of thiophene rings is 1. The van der Waals surface area contributed by atoms with Crippen LogP contribution in [0, 0.1) is 23.6 Å². The van der Waals surface area contributed by atoms with E-state index in [2.05, 4.69) is 29.0 Å². The standard InChI is InChI=1S/C33H27FN4O4S3/c34-26-16-21(7-13-30(26)45(35,41)42)15-25-28(17-20-4-5-20)38(33-36-27(18-43-33)32(39)40)37-31(25)23-3-1-2-19(14-23)6-10-24-11-12-29(44-24)22-8-9-22/h1-3,7,11-14,16,18,20,22H,4-5,8-9,15,17H2,(H,39,40)(H2,35,41,42). The van der Waals surface area contributed by atoms with Gasteiger partial charge >= 0.3 is 5.97 Å². The van der Waals surface area contributed by atoms with Gasteiger partial charge in [-0.2, -0.15) is 5.10 Å². The van der Waals surface area contributed by atoms with Gasteiger partial charge in [0.05, 0.1) is 16.3 Å².